The number of rotatable bonds is 3. The summed E-state index contributed by atoms with van der Waals surface area (Å²) >= 11 is 1.26. The largest absolute Gasteiger partial charge is 0.377 e. The average Bonchev–Trinajstić information content (AvgIpc) is 2.93. The Morgan fingerprint density at radius 3 is 2.47 bits per heavy atom. The molecule has 1 amide bonds. The highest BCUT2D eigenvalue weighted by molar-refractivity contribution is 7.13. The second-order valence-corrected chi connectivity index (χ2v) is 4.72. The summed E-state index contributed by atoms with van der Waals surface area (Å²) < 4.78 is 10.5. The zero-order valence-electron chi connectivity index (χ0n) is 9.75. The molecule has 0 bridgehead atoms. The molecule has 6 nitrogen and oxygen atoms in total. The van der Waals surface area contributed by atoms with E-state index in [4.69, 9.17) is 15.2 Å². The van der Waals surface area contributed by atoms with Crippen LogP contribution in [0.4, 0.5) is 5.13 Å². The van der Waals surface area contributed by atoms with Crippen molar-refractivity contribution in [2.75, 3.05) is 33.0 Å². The molecule has 1 aromatic heterocycles. The second kappa shape index (κ2) is 4.99. The molecule has 0 radical (unpaired) electrons. The van der Waals surface area contributed by atoms with E-state index in [1.807, 2.05) is 0 Å². The SMILES string of the molecule is COC1CN(C(=O)c2csc(N)n2)CC1OC. The van der Waals surface area contributed by atoms with E-state index >= 15 is 0 Å². The Bertz CT molecular complexity index is 397. The summed E-state index contributed by atoms with van der Waals surface area (Å²) in [6.07, 6.45) is -0.167. The van der Waals surface area contributed by atoms with Crippen LogP contribution in [-0.4, -0.2) is 55.3 Å². The van der Waals surface area contributed by atoms with Crippen LogP contribution in [0.2, 0.25) is 0 Å². The molecule has 2 unspecified atom stereocenters. The van der Waals surface area contributed by atoms with Gasteiger partial charge >= 0.3 is 0 Å². The summed E-state index contributed by atoms with van der Waals surface area (Å²) in [5.41, 5.74) is 5.90. The maximum atomic E-state index is 12.1. The van der Waals surface area contributed by atoms with Crippen LogP contribution in [0.1, 0.15) is 10.5 Å². The van der Waals surface area contributed by atoms with Crippen molar-refractivity contribution < 1.29 is 14.3 Å². The molecule has 1 aliphatic heterocycles. The molecule has 7 heteroatoms. The fourth-order valence-corrected chi connectivity index (χ4v) is 2.45. The fraction of sp³-hybridized carbons (Fsp3) is 0.600. The van der Waals surface area contributed by atoms with Gasteiger partial charge in [0.25, 0.3) is 5.91 Å². The lowest BCUT2D eigenvalue weighted by molar-refractivity contribution is -0.00461. The molecule has 0 aliphatic carbocycles. The number of aromatic nitrogens is 1. The summed E-state index contributed by atoms with van der Waals surface area (Å²) in [4.78, 5) is 17.7. The van der Waals surface area contributed by atoms with Crippen molar-refractivity contribution in [2.24, 2.45) is 0 Å². The van der Waals surface area contributed by atoms with Crippen molar-refractivity contribution in [1.82, 2.24) is 9.88 Å². The Kier molecular flexibility index (Phi) is 3.60. The number of nitrogens with two attached hydrogens (primary N) is 1. The molecular weight excluding hydrogens is 242 g/mol. The fourth-order valence-electron chi connectivity index (χ4n) is 1.91. The molecule has 17 heavy (non-hydrogen) atoms. The van der Waals surface area contributed by atoms with Crippen molar-refractivity contribution in [3.63, 3.8) is 0 Å². The minimum atomic E-state index is -0.125. The first kappa shape index (κ1) is 12.3. The van der Waals surface area contributed by atoms with Gasteiger partial charge in [-0.2, -0.15) is 0 Å². The standard InChI is InChI=1S/C10H15N3O3S/c1-15-7-3-13(4-8(7)16-2)9(14)6-5-17-10(11)12-6/h5,7-8H,3-4H2,1-2H3,(H2,11,12). The minimum Gasteiger partial charge on any atom is -0.377 e. The molecule has 2 heterocycles. The van der Waals surface area contributed by atoms with Crippen molar-refractivity contribution in [3.05, 3.63) is 11.1 Å². The van der Waals surface area contributed by atoms with Gasteiger partial charge in [0.05, 0.1) is 0 Å². The van der Waals surface area contributed by atoms with Crippen molar-refractivity contribution >= 4 is 22.4 Å². The zero-order chi connectivity index (χ0) is 12.4. The van der Waals surface area contributed by atoms with Crippen molar-refractivity contribution in [3.8, 4) is 0 Å². The smallest absolute Gasteiger partial charge is 0.273 e. The molecule has 0 aromatic carbocycles. The van der Waals surface area contributed by atoms with E-state index in [2.05, 4.69) is 4.98 Å². The number of carbonyl (C=O) groups excluding carboxylic acids is 1. The molecule has 1 fully saturated rings. The number of hydrogen-bond acceptors (Lipinski definition) is 6. The number of amides is 1. The maximum Gasteiger partial charge on any atom is 0.273 e. The lowest BCUT2D eigenvalue weighted by Crippen LogP contribution is -2.30. The molecular formula is C10H15N3O3S. The van der Waals surface area contributed by atoms with Gasteiger partial charge in [-0.05, 0) is 0 Å². The third kappa shape index (κ3) is 2.41. The van der Waals surface area contributed by atoms with E-state index < -0.39 is 0 Å². The monoisotopic (exact) mass is 257 g/mol. The normalized spacial score (nSPS) is 24.2. The molecule has 2 rings (SSSR count). The number of carbonyl (C=O) groups is 1. The molecule has 0 spiro atoms. The third-order valence-corrected chi connectivity index (χ3v) is 3.52. The number of thiazole rings is 1. The van der Waals surface area contributed by atoms with E-state index in [9.17, 15) is 4.79 Å². The highest BCUT2D eigenvalue weighted by Crippen LogP contribution is 2.19. The van der Waals surface area contributed by atoms with Gasteiger partial charge in [-0.1, -0.05) is 0 Å². The van der Waals surface area contributed by atoms with Gasteiger partial charge in [-0.25, -0.2) is 4.98 Å². The Morgan fingerprint density at radius 2 is 2.06 bits per heavy atom. The van der Waals surface area contributed by atoms with E-state index in [1.165, 1.54) is 11.3 Å². The summed E-state index contributed by atoms with van der Waals surface area (Å²) in [5.74, 6) is -0.125. The predicted molar refractivity (Wildman–Crippen MR) is 64.0 cm³/mol. The van der Waals surface area contributed by atoms with Crippen LogP contribution in [0.3, 0.4) is 0 Å². The zero-order valence-corrected chi connectivity index (χ0v) is 10.6. The van der Waals surface area contributed by atoms with E-state index in [-0.39, 0.29) is 18.1 Å². The molecule has 2 atom stereocenters. The maximum absolute atomic E-state index is 12.1. The minimum absolute atomic E-state index is 0.0834. The molecule has 94 valence electrons. The van der Waals surface area contributed by atoms with Crippen molar-refractivity contribution in [2.45, 2.75) is 12.2 Å². The summed E-state index contributed by atoms with van der Waals surface area (Å²) in [6, 6.07) is 0. The van der Waals surface area contributed by atoms with Crippen LogP contribution in [0.25, 0.3) is 0 Å². The van der Waals surface area contributed by atoms with Crippen LogP contribution in [0.5, 0.6) is 0 Å². The topological polar surface area (TPSA) is 77.7 Å². The first-order valence-corrected chi connectivity index (χ1v) is 6.09. The Labute approximate surface area is 103 Å². The quantitative estimate of drug-likeness (QED) is 0.837. The first-order chi connectivity index (χ1) is 8.15. The first-order valence-electron chi connectivity index (χ1n) is 5.21. The lowest BCUT2D eigenvalue weighted by atomic mass is 10.3. The summed E-state index contributed by atoms with van der Waals surface area (Å²) in [7, 11) is 3.23. The van der Waals surface area contributed by atoms with Crippen LogP contribution >= 0.6 is 11.3 Å². The van der Waals surface area contributed by atoms with Gasteiger partial charge in [0.1, 0.15) is 17.9 Å². The Balaban J connectivity index is 2.07. The molecule has 1 saturated heterocycles. The van der Waals surface area contributed by atoms with E-state index in [1.54, 1.807) is 24.5 Å². The lowest BCUT2D eigenvalue weighted by Gasteiger charge is -2.13. The Morgan fingerprint density at radius 1 is 1.47 bits per heavy atom. The number of methoxy groups -OCH3 is 2. The van der Waals surface area contributed by atoms with Crippen LogP contribution in [0, 0.1) is 0 Å². The Hall–Kier alpha value is -1.18. The average molecular weight is 257 g/mol. The van der Waals surface area contributed by atoms with Gasteiger partial charge in [0.2, 0.25) is 0 Å². The number of anilines is 1. The highest BCUT2D eigenvalue weighted by Gasteiger charge is 2.36. The molecule has 2 N–H and O–H groups in total. The molecule has 1 aromatic rings. The highest BCUT2D eigenvalue weighted by atomic mass is 32.1. The van der Waals surface area contributed by atoms with Crippen LogP contribution in [-0.2, 0) is 9.47 Å². The van der Waals surface area contributed by atoms with Gasteiger partial charge in [-0.15, -0.1) is 11.3 Å². The van der Waals surface area contributed by atoms with Gasteiger partial charge < -0.3 is 20.1 Å². The number of nitrogens with zero attached hydrogens (tertiary/aromatic N) is 2. The number of nitrogen functional groups attached to an aromatic ring is 1. The third-order valence-electron chi connectivity index (χ3n) is 2.85. The molecule has 1 aliphatic rings. The van der Waals surface area contributed by atoms with Gasteiger partial charge in [0.15, 0.2) is 5.13 Å². The van der Waals surface area contributed by atoms with Crippen molar-refractivity contribution in [1.29, 1.82) is 0 Å². The summed E-state index contributed by atoms with van der Waals surface area (Å²) in [5, 5.41) is 2.07. The summed E-state index contributed by atoms with van der Waals surface area (Å²) in [6.45, 7) is 1.04. The van der Waals surface area contributed by atoms with Crippen LogP contribution in [0.15, 0.2) is 5.38 Å². The number of likely N-dealkylation sites (tertiary alicyclic amines) is 1. The predicted octanol–water partition coefficient (Wildman–Crippen LogP) is 0.211. The second-order valence-electron chi connectivity index (χ2n) is 3.83. The van der Waals surface area contributed by atoms with Gasteiger partial charge in [0, 0.05) is 32.7 Å². The number of hydrogen-bond donors (Lipinski definition) is 1. The van der Waals surface area contributed by atoms with Crippen LogP contribution < -0.4 is 5.73 Å². The van der Waals surface area contributed by atoms with E-state index in [0.717, 1.165) is 0 Å². The number of ether oxygens (including phenoxy) is 2. The molecule has 0 saturated carbocycles. The van der Waals surface area contributed by atoms with E-state index in [0.29, 0.717) is 23.9 Å². The van der Waals surface area contributed by atoms with Gasteiger partial charge in [-0.3, -0.25) is 4.79 Å².